The van der Waals surface area contributed by atoms with E-state index in [2.05, 4.69) is 24.0 Å². The minimum Gasteiger partial charge on any atom is -0.439 e. The molecule has 5 nitrogen and oxygen atoms in total. The second kappa shape index (κ2) is 6.06. The van der Waals surface area contributed by atoms with Gasteiger partial charge in [0.1, 0.15) is 5.75 Å². The fourth-order valence-corrected chi connectivity index (χ4v) is 1.72. The van der Waals surface area contributed by atoms with E-state index in [9.17, 15) is 0 Å². The van der Waals surface area contributed by atoms with Crippen LogP contribution in [-0.2, 0) is 0 Å². The third-order valence-electron chi connectivity index (χ3n) is 2.91. The molecule has 0 aliphatic rings. The fourth-order valence-electron chi connectivity index (χ4n) is 1.72. The molecule has 0 atom stereocenters. The number of amidine groups is 1. The standard InChI is InChI=1S/C15H17N3O2/c1-10(2)11-3-5-13(6-4-11)20-14-9-12(7-8-17-14)15(16)18-19/h3-10,19H,1-2H3,(H2,16,18). The van der Waals surface area contributed by atoms with Gasteiger partial charge in [-0.2, -0.15) is 0 Å². The smallest absolute Gasteiger partial charge is 0.219 e. The van der Waals surface area contributed by atoms with Crippen molar-refractivity contribution < 1.29 is 9.94 Å². The first-order valence-corrected chi connectivity index (χ1v) is 6.32. The lowest BCUT2D eigenvalue weighted by Crippen LogP contribution is -2.13. The molecule has 0 unspecified atom stereocenters. The predicted octanol–water partition coefficient (Wildman–Crippen LogP) is 3.09. The Morgan fingerprint density at radius 2 is 1.95 bits per heavy atom. The Labute approximate surface area is 117 Å². The lowest BCUT2D eigenvalue weighted by molar-refractivity contribution is 0.318. The van der Waals surface area contributed by atoms with Crippen LogP contribution < -0.4 is 10.5 Å². The molecule has 2 aromatic rings. The number of hydrogen-bond donors (Lipinski definition) is 2. The van der Waals surface area contributed by atoms with Crippen molar-refractivity contribution in [3.8, 4) is 11.6 Å². The molecule has 0 aliphatic carbocycles. The second-order valence-electron chi connectivity index (χ2n) is 4.69. The van der Waals surface area contributed by atoms with Gasteiger partial charge in [0.2, 0.25) is 5.88 Å². The van der Waals surface area contributed by atoms with Crippen LogP contribution in [0.25, 0.3) is 0 Å². The van der Waals surface area contributed by atoms with Crippen LogP contribution in [0, 0.1) is 0 Å². The van der Waals surface area contributed by atoms with Crippen LogP contribution in [-0.4, -0.2) is 16.0 Å². The van der Waals surface area contributed by atoms with Crippen molar-refractivity contribution in [1.82, 2.24) is 4.98 Å². The van der Waals surface area contributed by atoms with E-state index >= 15 is 0 Å². The molecule has 0 fully saturated rings. The van der Waals surface area contributed by atoms with Gasteiger partial charge in [0.05, 0.1) is 0 Å². The Morgan fingerprint density at radius 3 is 2.55 bits per heavy atom. The van der Waals surface area contributed by atoms with Gasteiger partial charge in [-0.3, -0.25) is 0 Å². The molecule has 0 saturated heterocycles. The lowest BCUT2D eigenvalue weighted by Gasteiger charge is -2.08. The number of nitrogens with two attached hydrogens (primary N) is 1. The van der Waals surface area contributed by atoms with Gasteiger partial charge in [-0.1, -0.05) is 31.1 Å². The first-order valence-electron chi connectivity index (χ1n) is 6.32. The summed E-state index contributed by atoms with van der Waals surface area (Å²) in [6.07, 6.45) is 1.55. The molecule has 104 valence electrons. The first-order chi connectivity index (χ1) is 9.60. The summed E-state index contributed by atoms with van der Waals surface area (Å²) in [4.78, 5) is 4.09. The van der Waals surface area contributed by atoms with Gasteiger partial charge < -0.3 is 15.7 Å². The molecule has 0 saturated carbocycles. The van der Waals surface area contributed by atoms with Gasteiger partial charge >= 0.3 is 0 Å². The number of rotatable bonds is 4. The zero-order chi connectivity index (χ0) is 14.5. The third-order valence-corrected chi connectivity index (χ3v) is 2.91. The SMILES string of the molecule is CC(C)c1ccc(Oc2cc(/C(N)=N/O)ccn2)cc1. The monoisotopic (exact) mass is 271 g/mol. The summed E-state index contributed by atoms with van der Waals surface area (Å²) in [5.74, 6) is 1.59. The first kappa shape index (κ1) is 13.9. The largest absolute Gasteiger partial charge is 0.439 e. The predicted molar refractivity (Wildman–Crippen MR) is 77.4 cm³/mol. The van der Waals surface area contributed by atoms with Gasteiger partial charge in [-0.25, -0.2) is 4.98 Å². The molecule has 3 N–H and O–H groups in total. The van der Waals surface area contributed by atoms with Crippen molar-refractivity contribution in [2.45, 2.75) is 19.8 Å². The number of oxime groups is 1. The molecular weight excluding hydrogens is 254 g/mol. The maximum atomic E-state index is 8.65. The van der Waals surface area contributed by atoms with Crippen molar-refractivity contribution in [2.24, 2.45) is 10.9 Å². The summed E-state index contributed by atoms with van der Waals surface area (Å²) in [5, 5.41) is 11.6. The molecule has 0 amide bonds. The lowest BCUT2D eigenvalue weighted by atomic mass is 10.0. The zero-order valence-electron chi connectivity index (χ0n) is 11.4. The van der Waals surface area contributed by atoms with Crippen molar-refractivity contribution in [3.63, 3.8) is 0 Å². The van der Waals surface area contributed by atoms with Crippen molar-refractivity contribution in [1.29, 1.82) is 0 Å². The van der Waals surface area contributed by atoms with Gasteiger partial charge in [0, 0.05) is 17.8 Å². The summed E-state index contributed by atoms with van der Waals surface area (Å²) in [6, 6.07) is 11.1. The maximum Gasteiger partial charge on any atom is 0.219 e. The molecule has 1 aromatic carbocycles. The van der Waals surface area contributed by atoms with E-state index in [1.165, 1.54) is 5.56 Å². The van der Waals surface area contributed by atoms with Gasteiger partial charge in [-0.15, -0.1) is 0 Å². The Bertz CT molecular complexity index is 607. The van der Waals surface area contributed by atoms with Gasteiger partial charge in [0.25, 0.3) is 0 Å². The minimum absolute atomic E-state index is 0.0207. The highest BCUT2D eigenvalue weighted by Gasteiger charge is 2.04. The summed E-state index contributed by atoms with van der Waals surface area (Å²) in [6.45, 7) is 4.27. The number of pyridine rings is 1. The molecule has 5 heteroatoms. The van der Waals surface area contributed by atoms with Gasteiger partial charge in [-0.05, 0) is 29.7 Å². The van der Waals surface area contributed by atoms with E-state index in [0.29, 0.717) is 23.1 Å². The molecule has 0 spiro atoms. The molecule has 0 bridgehead atoms. The highest BCUT2D eigenvalue weighted by molar-refractivity contribution is 5.97. The van der Waals surface area contributed by atoms with Crippen molar-refractivity contribution in [2.75, 3.05) is 0 Å². The summed E-state index contributed by atoms with van der Waals surface area (Å²) in [5.41, 5.74) is 7.32. The van der Waals surface area contributed by atoms with E-state index in [-0.39, 0.29) is 5.84 Å². The number of ether oxygens (including phenoxy) is 1. The highest BCUT2D eigenvalue weighted by atomic mass is 16.5. The molecule has 20 heavy (non-hydrogen) atoms. The van der Waals surface area contributed by atoms with Gasteiger partial charge in [0.15, 0.2) is 5.84 Å². The number of hydrogen-bond acceptors (Lipinski definition) is 4. The Hall–Kier alpha value is -2.56. The van der Waals surface area contributed by atoms with Crippen LogP contribution in [0.15, 0.2) is 47.8 Å². The summed E-state index contributed by atoms with van der Waals surface area (Å²) in [7, 11) is 0. The minimum atomic E-state index is 0.0207. The normalized spacial score (nSPS) is 11.7. The van der Waals surface area contributed by atoms with Crippen LogP contribution in [0.2, 0.25) is 0 Å². The van der Waals surface area contributed by atoms with E-state index in [1.807, 2.05) is 24.3 Å². The Balaban J connectivity index is 2.17. The topological polar surface area (TPSA) is 80.7 Å². The van der Waals surface area contributed by atoms with Crippen LogP contribution in [0.1, 0.15) is 30.9 Å². The molecule has 2 rings (SSSR count). The molecular formula is C15H17N3O2. The quantitative estimate of drug-likeness (QED) is 0.387. The number of benzene rings is 1. The van der Waals surface area contributed by atoms with E-state index in [4.69, 9.17) is 15.7 Å². The maximum absolute atomic E-state index is 8.65. The Morgan fingerprint density at radius 1 is 1.25 bits per heavy atom. The third kappa shape index (κ3) is 3.26. The number of nitrogens with zero attached hydrogens (tertiary/aromatic N) is 2. The average molecular weight is 271 g/mol. The van der Waals surface area contributed by atoms with E-state index < -0.39 is 0 Å². The van der Waals surface area contributed by atoms with Crippen LogP contribution in [0.4, 0.5) is 0 Å². The summed E-state index contributed by atoms with van der Waals surface area (Å²) < 4.78 is 5.65. The Kier molecular flexibility index (Phi) is 4.20. The second-order valence-corrected chi connectivity index (χ2v) is 4.69. The van der Waals surface area contributed by atoms with E-state index in [0.717, 1.165) is 0 Å². The zero-order valence-corrected chi connectivity index (χ0v) is 11.4. The summed E-state index contributed by atoms with van der Waals surface area (Å²) >= 11 is 0. The van der Waals surface area contributed by atoms with E-state index in [1.54, 1.807) is 18.3 Å². The highest BCUT2D eigenvalue weighted by Crippen LogP contribution is 2.23. The van der Waals surface area contributed by atoms with Crippen molar-refractivity contribution in [3.05, 3.63) is 53.7 Å². The van der Waals surface area contributed by atoms with Crippen LogP contribution >= 0.6 is 0 Å². The fraction of sp³-hybridized carbons (Fsp3) is 0.200. The molecule has 1 aromatic heterocycles. The van der Waals surface area contributed by atoms with Crippen molar-refractivity contribution >= 4 is 5.84 Å². The molecule has 0 aliphatic heterocycles. The molecule has 0 radical (unpaired) electrons. The average Bonchev–Trinajstić information content (AvgIpc) is 2.47. The van der Waals surface area contributed by atoms with Crippen LogP contribution in [0.5, 0.6) is 11.6 Å². The van der Waals surface area contributed by atoms with Crippen LogP contribution in [0.3, 0.4) is 0 Å². The molecule has 1 heterocycles. The number of aromatic nitrogens is 1.